The second-order valence-corrected chi connectivity index (χ2v) is 5.23. The SMILES string of the molecule is NC(N)=NC(=O)[C@H](Cc1ccccc1)c1ccc2c(c1)OCO2. The third kappa shape index (κ3) is 3.42. The average molecular weight is 311 g/mol. The van der Waals surface area contributed by atoms with E-state index in [2.05, 4.69) is 4.99 Å². The number of rotatable bonds is 4. The van der Waals surface area contributed by atoms with Gasteiger partial charge in [-0.1, -0.05) is 36.4 Å². The van der Waals surface area contributed by atoms with Crippen LogP contribution in [0.25, 0.3) is 0 Å². The van der Waals surface area contributed by atoms with Gasteiger partial charge in [-0.15, -0.1) is 0 Å². The Morgan fingerprint density at radius 1 is 1.09 bits per heavy atom. The fourth-order valence-electron chi connectivity index (χ4n) is 2.53. The van der Waals surface area contributed by atoms with Gasteiger partial charge in [0.05, 0.1) is 5.92 Å². The van der Waals surface area contributed by atoms with Gasteiger partial charge in [-0.2, -0.15) is 4.99 Å². The van der Waals surface area contributed by atoms with Crippen LogP contribution in [0.2, 0.25) is 0 Å². The molecule has 0 unspecified atom stereocenters. The molecule has 1 amide bonds. The number of fused-ring (bicyclic) bond motifs is 1. The summed E-state index contributed by atoms with van der Waals surface area (Å²) in [5, 5.41) is 0. The van der Waals surface area contributed by atoms with Crippen LogP contribution in [-0.2, 0) is 11.2 Å². The van der Waals surface area contributed by atoms with Crippen molar-refractivity contribution >= 4 is 11.9 Å². The summed E-state index contributed by atoms with van der Waals surface area (Å²) in [6, 6.07) is 15.1. The van der Waals surface area contributed by atoms with Gasteiger partial charge in [-0.3, -0.25) is 4.79 Å². The topological polar surface area (TPSA) is 99.9 Å². The molecule has 4 N–H and O–H groups in total. The van der Waals surface area contributed by atoms with Crippen LogP contribution >= 0.6 is 0 Å². The van der Waals surface area contributed by atoms with E-state index >= 15 is 0 Å². The van der Waals surface area contributed by atoms with E-state index in [9.17, 15) is 4.79 Å². The van der Waals surface area contributed by atoms with Gasteiger partial charge in [0.25, 0.3) is 5.91 Å². The van der Waals surface area contributed by atoms with Gasteiger partial charge >= 0.3 is 0 Å². The van der Waals surface area contributed by atoms with Crippen LogP contribution in [0.1, 0.15) is 17.0 Å². The molecule has 0 bridgehead atoms. The fraction of sp³-hybridized carbons (Fsp3) is 0.176. The van der Waals surface area contributed by atoms with Crippen molar-refractivity contribution in [3.63, 3.8) is 0 Å². The van der Waals surface area contributed by atoms with E-state index in [1.807, 2.05) is 36.4 Å². The summed E-state index contributed by atoms with van der Waals surface area (Å²) in [4.78, 5) is 16.1. The van der Waals surface area contributed by atoms with Crippen LogP contribution in [0, 0.1) is 0 Å². The zero-order chi connectivity index (χ0) is 16.2. The molecule has 0 saturated carbocycles. The van der Waals surface area contributed by atoms with Crippen LogP contribution in [0.5, 0.6) is 11.5 Å². The third-order valence-corrected chi connectivity index (χ3v) is 3.62. The minimum Gasteiger partial charge on any atom is -0.454 e. The molecule has 1 atom stereocenters. The molecule has 0 radical (unpaired) electrons. The molecular formula is C17H17N3O3. The Balaban J connectivity index is 1.94. The van der Waals surface area contributed by atoms with Crippen molar-refractivity contribution in [2.75, 3.05) is 6.79 Å². The average Bonchev–Trinajstić information content (AvgIpc) is 3.00. The largest absolute Gasteiger partial charge is 0.454 e. The number of carbonyl (C=O) groups excluding carboxylic acids is 1. The van der Waals surface area contributed by atoms with Crippen molar-refractivity contribution < 1.29 is 14.3 Å². The van der Waals surface area contributed by atoms with Crippen molar-refractivity contribution in [3.8, 4) is 11.5 Å². The van der Waals surface area contributed by atoms with E-state index in [0.29, 0.717) is 17.9 Å². The maximum absolute atomic E-state index is 12.4. The molecule has 6 heteroatoms. The smallest absolute Gasteiger partial charge is 0.256 e. The van der Waals surface area contributed by atoms with Gasteiger partial charge < -0.3 is 20.9 Å². The summed E-state index contributed by atoms with van der Waals surface area (Å²) in [7, 11) is 0. The van der Waals surface area contributed by atoms with Crippen molar-refractivity contribution in [2.24, 2.45) is 16.5 Å². The maximum Gasteiger partial charge on any atom is 0.256 e. The maximum atomic E-state index is 12.4. The number of hydrogen-bond donors (Lipinski definition) is 2. The lowest BCUT2D eigenvalue weighted by Crippen LogP contribution is -2.26. The molecule has 1 heterocycles. The van der Waals surface area contributed by atoms with Gasteiger partial charge in [0.1, 0.15) is 0 Å². The molecular weight excluding hydrogens is 294 g/mol. The monoisotopic (exact) mass is 311 g/mol. The fourth-order valence-corrected chi connectivity index (χ4v) is 2.53. The van der Waals surface area contributed by atoms with E-state index in [1.54, 1.807) is 12.1 Å². The molecule has 0 aliphatic carbocycles. The highest BCUT2D eigenvalue weighted by Gasteiger charge is 2.24. The highest BCUT2D eigenvalue weighted by Crippen LogP contribution is 2.35. The van der Waals surface area contributed by atoms with E-state index < -0.39 is 5.92 Å². The highest BCUT2D eigenvalue weighted by molar-refractivity contribution is 5.95. The van der Waals surface area contributed by atoms with Gasteiger partial charge in [-0.05, 0) is 29.7 Å². The molecule has 23 heavy (non-hydrogen) atoms. The molecule has 2 aromatic carbocycles. The Bertz CT molecular complexity index is 740. The molecule has 0 fully saturated rings. The minimum absolute atomic E-state index is 0.185. The van der Waals surface area contributed by atoms with Crippen LogP contribution in [0.15, 0.2) is 53.5 Å². The first-order valence-electron chi connectivity index (χ1n) is 7.20. The van der Waals surface area contributed by atoms with E-state index in [1.165, 1.54) is 0 Å². The van der Waals surface area contributed by atoms with E-state index in [-0.39, 0.29) is 18.7 Å². The Morgan fingerprint density at radius 3 is 2.57 bits per heavy atom. The molecule has 6 nitrogen and oxygen atoms in total. The predicted molar refractivity (Wildman–Crippen MR) is 86.3 cm³/mol. The Morgan fingerprint density at radius 2 is 1.83 bits per heavy atom. The summed E-state index contributed by atoms with van der Waals surface area (Å²) < 4.78 is 10.7. The zero-order valence-corrected chi connectivity index (χ0v) is 12.4. The van der Waals surface area contributed by atoms with Crippen molar-refractivity contribution in [3.05, 3.63) is 59.7 Å². The quantitative estimate of drug-likeness (QED) is 0.659. The number of benzene rings is 2. The van der Waals surface area contributed by atoms with Gasteiger partial charge in [0.15, 0.2) is 17.5 Å². The number of nitrogens with zero attached hydrogens (tertiary/aromatic N) is 1. The summed E-state index contributed by atoms with van der Waals surface area (Å²) in [6.07, 6.45) is 0.496. The number of amides is 1. The number of aliphatic imine (C=N–C) groups is 1. The lowest BCUT2D eigenvalue weighted by Gasteiger charge is -2.15. The third-order valence-electron chi connectivity index (χ3n) is 3.62. The van der Waals surface area contributed by atoms with Gasteiger partial charge in [0, 0.05) is 0 Å². The second-order valence-electron chi connectivity index (χ2n) is 5.23. The first-order valence-corrected chi connectivity index (χ1v) is 7.20. The predicted octanol–water partition coefficient (Wildman–Crippen LogP) is 1.54. The standard InChI is InChI=1S/C17H17N3O3/c18-17(19)20-16(21)13(8-11-4-2-1-3-5-11)12-6-7-14-15(9-12)23-10-22-14/h1-7,9,13H,8,10H2,(H4,18,19,20,21)/t13-/m1/s1. The number of ether oxygens (including phenoxy) is 2. The van der Waals surface area contributed by atoms with Crippen LogP contribution in [0.3, 0.4) is 0 Å². The summed E-state index contributed by atoms with van der Waals surface area (Å²) in [5.74, 6) is 0.176. The molecule has 1 aliphatic heterocycles. The minimum atomic E-state index is -0.492. The molecule has 1 aliphatic rings. The summed E-state index contributed by atoms with van der Waals surface area (Å²) >= 11 is 0. The van der Waals surface area contributed by atoms with Crippen LogP contribution in [-0.4, -0.2) is 18.7 Å². The van der Waals surface area contributed by atoms with Crippen molar-refractivity contribution in [2.45, 2.75) is 12.3 Å². The molecule has 118 valence electrons. The Kier molecular flexibility index (Phi) is 4.14. The number of carbonyl (C=O) groups is 1. The number of nitrogens with two attached hydrogens (primary N) is 2. The second kappa shape index (κ2) is 6.39. The normalized spacial score (nSPS) is 13.4. The first-order chi connectivity index (χ1) is 11.1. The highest BCUT2D eigenvalue weighted by atomic mass is 16.7. The van der Waals surface area contributed by atoms with Crippen LogP contribution < -0.4 is 20.9 Å². The van der Waals surface area contributed by atoms with Gasteiger partial charge in [0.2, 0.25) is 6.79 Å². The van der Waals surface area contributed by atoms with Crippen molar-refractivity contribution in [1.29, 1.82) is 0 Å². The van der Waals surface area contributed by atoms with Crippen molar-refractivity contribution in [1.82, 2.24) is 0 Å². The zero-order valence-electron chi connectivity index (χ0n) is 12.4. The molecule has 3 rings (SSSR count). The first kappa shape index (κ1) is 14.9. The summed E-state index contributed by atoms with van der Waals surface area (Å²) in [6.45, 7) is 0.185. The molecule has 0 spiro atoms. The lowest BCUT2D eigenvalue weighted by atomic mass is 9.91. The molecule has 0 saturated heterocycles. The van der Waals surface area contributed by atoms with Crippen LogP contribution in [0.4, 0.5) is 0 Å². The van der Waals surface area contributed by atoms with E-state index in [4.69, 9.17) is 20.9 Å². The van der Waals surface area contributed by atoms with Gasteiger partial charge in [-0.25, -0.2) is 0 Å². The Labute approximate surface area is 133 Å². The molecule has 0 aromatic heterocycles. The van der Waals surface area contributed by atoms with E-state index in [0.717, 1.165) is 11.1 Å². The number of guanidine groups is 1. The Hall–Kier alpha value is -3.02. The number of hydrogen-bond acceptors (Lipinski definition) is 3. The lowest BCUT2D eigenvalue weighted by molar-refractivity contribution is -0.119. The molecule has 2 aromatic rings. The summed E-state index contributed by atoms with van der Waals surface area (Å²) in [5.41, 5.74) is 12.5.